The van der Waals surface area contributed by atoms with Gasteiger partial charge in [0.15, 0.2) is 0 Å². The Balaban J connectivity index is 1.67. The van der Waals surface area contributed by atoms with Crippen LogP contribution in [0.2, 0.25) is 0 Å². The van der Waals surface area contributed by atoms with Crippen LogP contribution in [0.15, 0.2) is 24.9 Å². The zero-order chi connectivity index (χ0) is 16.2. The van der Waals surface area contributed by atoms with E-state index in [1.165, 1.54) is 6.33 Å². The molecule has 1 unspecified atom stereocenters. The van der Waals surface area contributed by atoms with Crippen molar-refractivity contribution in [2.24, 2.45) is 7.05 Å². The lowest BCUT2D eigenvalue weighted by Crippen LogP contribution is -2.39. The molecule has 3 rings (SSSR count). The first kappa shape index (κ1) is 15.6. The van der Waals surface area contributed by atoms with Crippen LogP contribution in [0, 0.1) is 0 Å². The third kappa shape index (κ3) is 3.56. The van der Waals surface area contributed by atoms with Gasteiger partial charge >= 0.3 is 0 Å². The minimum absolute atomic E-state index is 0.133. The van der Waals surface area contributed by atoms with Gasteiger partial charge in [0.05, 0.1) is 12.3 Å². The molecule has 0 spiro atoms. The smallest absolute Gasteiger partial charge is 0.223 e. The number of fused-ring (bicyclic) bond motifs is 1. The SMILES string of the molecule is COCC1CN(C(=O)CCc2cncnc2)Cc2cn(C)nc21. The van der Waals surface area contributed by atoms with Crippen LogP contribution < -0.4 is 0 Å². The Hall–Kier alpha value is -2.28. The summed E-state index contributed by atoms with van der Waals surface area (Å²) in [6, 6.07) is 0. The zero-order valence-electron chi connectivity index (χ0n) is 13.5. The van der Waals surface area contributed by atoms with Gasteiger partial charge in [-0.3, -0.25) is 9.48 Å². The molecule has 2 aromatic heterocycles. The predicted molar refractivity (Wildman–Crippen MR) is 83.6 cm³/mol. The zero-order valence-corrected chi connectivity index (χ0v) is 13.5. The minimum atomic E-state index is 0.133. The number of rotatable bonds is 5. The van der Waals surface area contributed by atoms with Crippen molar-refractivity contribution in [3.8, 4) is 0 Å². The molecule has 1 aliphatic rings. The van der Waals surface area contributed by atoms with Gasteiger partial charge in [0.2, 0.25) is 5.91 Å². The van der Waals surface area contributed by atoms with E-state index in [2.05, 4.69) is 15.1 Å². The van der Waals surface area contributed by atoms with E-state index in [-0.39, 0.29) is 11.8 Å². The fourth-order valence-electron chi connectivity index (χ4n) is 3.03. The highest BCUT2D eigenvalue weighted by molar-refractivity contribution is 5.76. The standard InChI is InChI=1S/C16H21N5O2/c1-20-7-13-8-21(9-14(10-23-2)16(13)19-20)15(22)4-3-12-5-17-11-18-6-12/h5-7,11,14H,3-4,8-10H2,1-2H3. The minimum Gasteiger partial charge on any atom is -0.384 e. The van der Waals surface area contributed by atoms with Crippen LogP contribution in [0.5, 0.6) is 0 Å². The Kier molecular flexibility index (Phi) is 4.66. The molecule has 122 valence electrons. The van der Waals surface area contributed by atoms with Crippen LogP contribution in [0.4, 0.5) is 0 Å². The highest BCUT2D eigenvalue weighted by Gasteiger charge is 2.30. The number of hydrogen-bond donors (Lipinski definition) is 0. The van der Waals surface area contributed by atoms with E-state index in [9.17, 15) is 4.79 Å². The van der Waals surface area contributed by atoms with Gasteiger partial charge in [-0.05, 0) is 12.0 Å². The topological polar surface area (TPSA) is 73.1 Å². The molecule has 0 N–H and O–H groups in total. The van der Waals surface area contributed by atoms with E-state index in [4.69, 9.17) is 4.74 Å². The summed E-state index contributed by atoms with van der Waals surface area (Å²) in [5.74, 6) is 0.276. The molecular formula is C16H21N5O2. The van der Waals surface area contributed by atoms with Crippen molar-refractivity contribution in [2.45, 2.75) is 25.3 Å². The van der Waals surface area contributed by atoms with Crippen LogP contribution in [-0.4, -0.2) is 50.8 Å². The van der Waals surface area contributed by atoms with Gasteiger partial charge in [-0.25, -0.2) is 9.97 Å². The fraction of sp³-hybridized carbons (Fsp3) is 0.500. The van der Waals surface area contributed by atoms with Gasteiger partial charge < -0.3 is 9.64 Å². The second-order valence-corrected chi connectivity index (χ2v) is 5.89. The molecule has 7 heteroatoms. The van der Waals surface area contributed by atoms with E-state index in [0.29, 0.717) is 32.5 Å². The summed E-state index contributed by atoms with van der Waals surface area (Å²) in [5.41, 5.74) is 3.14. The largest absolute Gasteiger partial charge is 0.384 e. The molecule has 2 aromatic rings. The second-order valence-electron chi connectivity index (χ2n) is 5.89. The van der Waals surface area contributed by atoms with Crippen LogP contribution in [0.1, 0.15) is 29.2 Å². The molecule has 1 amide bonds. The van der Waals surface area contributed by atoms with Crippen molar-refractivity contribution in [1.29, 1.82) is 0 Å². The number of ether oxygens (including phenoxy) is 1. The number of amides is 1. The molecule has 0 bridgehead atoms. The van der Waals surface area contributed by atoms with E-state index in [0.717, 1.165) is 16.8 Å². The van der Waals surface area contributed by atoms with Crippen molar-refractivity contribution in [1.82, 2.24) is 24.6 Å². The van der Waals surface area contributed by atoms with E-state index in [1.54, 1.807) is 19.5 Å². The Morgan fingerprint density at radius 2 is 2.17 bits per heavy atom. The average molecular weight is 315 g/mol. The highest BCUT2D eigenvalue weighted by atomic mass is 16.5. The molecule has 0 aliphatic carbocycles. The summed E-state index contributed by atoms with van der Waals surface area (Å²) in [6.45, 7) is 1.84. The van der Waals surface area contributed by atoms with Crippen LogP contribution >= 0.6 is 0 Å². The number of nitrogens with zero attached hydrogens (tertiary/aromatic N) is 5. The summed E-state index contributed by atoms with van der Waals surface area (Å²) in [6.07, 6.45) is 8.11. The Labute approximate surface area is 135 Å². The fourth-order valence-corrected chi connectivity index (χ4v) is 3.03. The maximum absolute atomic E-state index is 12.6. The Bertz CT molecular complexity index is 670. The molecular weight excluding hydrogens is 294 g/mol. The van der Waals surface area contributed by atoms with Crippen molar-refractivity contribution in [2.75, 3.05) is 20.3 Å². The molecule has 0 aromatic carbocycles. The number of carbonyl (C=O) groups is 1. The molecule has 0 saturated carbocycles. The number of aromatic nitrogens is 4. The normalized spacial score (nSPS) is 17.1. The van der Waals surface area contributed by atoms with Crippen LogP contribution in [0.3, 0.4) is 0 Å². The van der Waals surface area contributed by atoms with Crippen molar-refractivity contribution < 1.29 is 9.53 Å². The number of carbonyl (C=O) groups excluding carboxylic acids is 1. The van der Waals surface area contributed by atoms with E-state index in [1.807, 2.05) is 22.8 Å². The molecule has 0 fully saturated rings. The van der Waals surface area contributed by atoms with Crippen molar-refractivity contribution >= 4 is 5.91 Å². The highest BCUT2D eigenvalue weighted by Crippen LogP contribution is 2.27. The van der Waals surface area contributed by atoms with Crippen molar-refractivity contribution in [3.05, 3.63) is 41.7 Å². The summed E-state index contributed by atoms with van der Waals surface area (Å²) >= 11 is 0. The molecule has 0 saturated heterocycles. The number of hydrogen-bond acceptors (Lipinski definition) is 5. The second kappa shape index (κ2) is 6.87. The van der Waals surface area contributed by atoms with Gasteiger partial charge in [0.25, 0.3) is 0 Å². The Morgan fingerprint density at radius 1 is 1.39 bits per heavy atom. The van der Waals surface area contributed by atoms with Gasteiger partial charge in [-0.1, -0.05) is 0 Å². The number of methoxy groups -OCH3 is 1. The Morgan fingerprint density at radius 3 is 2.91 bits per heavy atom. The first-order valence-corrected chi connectivity index (χ1v) is 7.70. The first-order chi connectivity index (χ1) is 11.2. The molecule has 23 heavy (non-hydrogen) atoms. The molecule has 3 heterocycles. The first-order valence-electron chi connectivity index (χ1n) is 7.70. The lowest BCUT2D eigenvalue weighted by molar-refractivity contribution is -0.132. The molecule has 0 radical (unpaired) electrons. The van der Waals surface area contributed by atoms with E-state index >= 15 is 0 Å². The quantitative estimate of drug-likeness (QED) is 0.820. The van der Waals surface area contributed by atoms with Crippen molar-refractivity contribution in [3.63, 3.8) is 0 Å². The van der Waals surface area contributed by atoms with Gasteiger partial charge in [-0.2, -0.15) is 5.10 Å². The summed E-state index contributed by atoms with van der Waals surface area (Å²) in [7, 11) is 3.59. The monoisotopic (exact) mass is 315 g/mol. The van der Waals surface area contributed by atoms with Gasteiger partial charge in [0.1, 0.15) is 6.33 Å². The maximum atomic E-state index is 12.6. The third-order valence-corrected chi connectivity index (χ3v) is 4.09. The van der Waals surface area contributed by atoms with Crippen LogP contribution in [0.25, 0.3) is 0 Å². The van der Waals surface area contributed by atoms with E-state index < -0.39 is 0 Å². The summed E-state index contributed by atoms with van der Waals surface area (Å²) in [5, 5.41) is 4.52. The molecule has 1 aliphatic heterocycles. The molecule has 7 nitrogen and oxygen atoms in total. The lowest BCUT2D eigenvalue weighted by Gasteiger charge is -2.31. The average Bonchev–Trinajstić information content (AvgIpc) is 2.94. The summed E-state index contributed by atoms with van der Waals surface area (Å²) in [4.78, 5) is 22.4. The predicted octanol–water partition coefficient (Wildman–Crippen LogP) is 0.915. The maximum Gasteiger partial charge on any atom is 0.223 e. The third-order valence-electron chi connectivity index (χ3n) is 4.09. The summed E-state index contributed by atoms with van der Waals surface area (Å²) < 4.78 is 7.11. The van der Waals surface area contributed by atoms with Gasteiger partial charge in [0, 0.05) is 63.7 Å². The molecule has 1 atom stereocenters. The number of aryl methyl sites for hydroxylation is 2. The van der Waals surface area contributed by atoms with Gasteiger partial charge in [-0.15, -0.1) is 0 Å². The lowest BCUT2D eigenvalue weighted by atomic mass is 9.97. The van der Waals surface area contributed by atoms with Crippen LogP contribution in [-0.2, 0) is 29.5 Å².